The molecular weight excluding hydrogens is 280 g/mol. The third kappa shape index (κ3) is 4.48. The smallest absolute Gasteiger partial charge is 0.242 e. The van der Waals surface area contributed by atoms with Crippen LogP contribution in [0.4, 0.5) is 0 Å². The van der Waals surface area contributed by atoms with Crippen molar-refractivity contribution < 1.29 is 14.3 Å². The van der Waals surface area contributed by atoms with Crippen LogP contribution in [0.2, 0.25) is 0 Å². The van der Waals surface area contributed by atoms with Crippen LogP contribution in [-0.2, 0) is 9.59 Å². The maximum Gasteiger partial charge on any atom is 0.242 e. The third-order valence-corrected chi connectivity index (χ3v) is 3.87. The molecule has 2 rings (SSSR count). The van der Waals surface area contributed by atoms with E-state index in [1.165, 1.54) is 5.56 Å². The minimum atomic E-state index is -0.381. The van der Waals surface area contributed by atoms with Gasteiger partial charge in [-0.2, -0.15) is 0 Å². The summed E-state index contributed by atoms with van der Waals surface area (Å²) < 4.78 is 5.62. The van der Waals surface area contributed by atoms with Crippen molar-refractivity contribution in [3.05, 3.63) is 29.8 Å². The monoisotopic (exact) mass is 304 g/mol. The van der Waals surface area contributed by atoms with E-state index in [1.807, 2.05) is 31.2 Å². The van der Waals surface area contributed by atoms with Crippen LogP contribution in [0.15, 0.2) is 24.3 Å². The number of hydrogen-bond donors (Lipinski definition) is 1. The number of aryl methyl sites for hydroxylation is 1. The molecule has 0 radical (unpaired) electrons. The molecule has 1 fully saturated rings. The number of carbonyl (C=O) groups is 2. The summed E-state index contributed by atoms with van der Waals surface area (Å²) in [7, 11) is 0. The van der Waals surface area contributed by atoms with Crippen molar-refractivity contribution in [3.63, 3.8) is 0 Å². The summed E-state index contributed by atoms with van der Waals surface area (Å²) in [4.78, 5) is 25.7. The first-order chi connectivity index (χ1) is 10.6. The lowest BCUT2D eigenvalue weighted by molar-refractivity contribution is -0.139. The van der Waals surface area contributed by atoms with Gasteiger partial charge in [0.15, 0.2) is 0 Å². The highest BCUT2D eigenvalue weighted by Crippen LogP contribution is 2.13. The molecule has 1 saturated heterocycles. The second-order valence-corrected chi connectivity index (χ2v) is 5.67. The minimum Gasteiger partial charge on any atom is -0.494 e. The van der Waals surface area contributed by atoms with E-state index in [0.717, 1.165) is 12.2 Å². The first kappa shape index (κ1) is 16.3. The SMILES string of the molecule is Cc1ccc(OCCCC(=O)N2CCCNC(=O)C2C)cc1. The van der Waals surface area contributed by atoms with Crippen LogP contribution in [0.1, 0.15) is 31.7 Å². The van der Waals surface area contributed by atoms with Gasteiger partial charge in [0.1, 0.15) is 11.8 Å². The molecule has 120 valence electrons. The number of nitrogens with one attached hydrogen (secondary N) is 1. The number of ether oxygens (including phenoxy) is 1. The second kappa shape index (κ2) is 7.82. The summed E-state index contributed by atoms with van der Waals surface area (Å²) in [5, 5.41) is 2.81. The van der Waals surface area contributed by atoms with Gasteiger partial charge in [-0.25, -0.2) is 0 Å². The van der Waals surface area contributed by atoms with E-state index in [-0.39, 0.29) is 17.9 Å². The Morgan fingerprint density at radius 1 is 1.36 bits per heavy atom. The summed E-state index contributed by atoms with van der Waals surface area (Å²) >= 11 is 0. The standard InChI is InChI=1S/C17H24N2O3/c1-13-6-8-15(9-7-13)22-12-3-5-16(20)19-11-4-10-18-17(21)14(19)2/h6-9,14H,3-5,10-12H2,1-2H3,(H,18,21). The zero-order chi connectivity index (χ0) is 15.9. The molecule has 1 N–H and O–H groups in total. The van der Waals surface area contributed by atoms with Crippen molar-refractivity contribution >= 4 is 11.8 Å². The van der Waals surface area contributed by atoms with Crippen LogP contribution in [0.25, 0.3) is 0 Å². The fourth-order valence-electron chi connectivity index (χ4n) is 2.48. The van der Waals surface area contributed by atoms with Gasteiger partial charge in [-0.1, -0.05) is 17.7 Å². The van der Waals surface area contributed by atoms with Crippen molar-refractivity contribution in [2.45, 2.75) is 39.2 Å². The van der Waals surface area contributed by atoms with E-state index in [1.54, 1.807) is 11.8 Å². The maximum atomic E-state index is 12.3. The van der Waals surface area contributed by atoms with E-state index in [9.17, 15) is 9.59 Å². The first-order valence-corrected chi connectivity index (χ1v) is 7.84. The zero-order valence-electron chi connectivity index (χ0n) is 13.3. The first-order valence-electron chi connectivity index (χ1n) is 7.84. The van der Waals surface area contributed by atoms with E-state index < -0.39 is 0 Å². The topological polar surface area (TPSA) is 58.6 Å². The van der Waals surface area contributed by atoms with Crippen molar-refractivity contribution in [2.75, 3.05) is 19.7 Å². The number of nitrogens with zero attached hydrogens (tertiary/aromatic N) is 1. The predicted octanol–water partition coefficient (Wildman–Crippen LogP) is 1.89. The molecule has 1 atom stereocenters. The predicted molar refractivity (Wildman–Crippen MR) is 84.7 cm³/mol. The number of hydrogen-bond acceptors (Lipinski definition) is 3. The average molecular weight is 304 g/mol. The molecule has 0 aromatic heterocycles. The largest absolute Gasteiger partial charge is 0.494 e. The minimum absolute atomic E-state index is 0.0251. The van der Waals surface area contributed by atoms with Gasteiger partial charge in [0, 0.05) is 19.5 Å². The summed E-state index contributed by atoms with van der Waals surface area (Å²) in [5.74, 6) is 0.777. The summed E-state index contributed by atoms with van der Waals surface area (Å²) in [6.07, 6.45) is 1.86. The van der Waals surface area contributed by atoms with E-state index in [0.29, 0.717) is 32.5 Å². The average Bonchev–Trinajstić information content (AvgIpc) is 2.68. The Labute approximate surface area is 131 Å². The lowest BCUT2D eigenvalue weighted by Crippen LogP contribution is -2.45. The molecule has 1 aromatic carbocycles. The molecule has 0 bridgehead atoms. The van der Waals surface area contributed by atoms with Crippen molar-refractivity contribution in [3.8, 4) is 5.75 Å². The Bertz CT molecular complexity index is 513. The highest BCUT2D eigenvalue weighted by Gasteiger charge is 2.27. The molecule has 1 aliphatic heterocycles. The van der Waals surface area contributed by atoms with Gasteiger partial charge >= 0.3 is 0 Å². The Hall–Kier alpha value is -2.04. The Morgan fingerprint density at radius 3 is 2.82 bits per heavy atom. The fraction of sp³-hybridized carbons (Fsp3) is 0.529. The Kier molecular flexibility index (Phi) is 5.81. The van der Waals surface area contributed by atoms with Crippen LogP contribution < -0.4 is 10.1 Å². The van der Waals surface area contributed by atoms with Gasteiger partial charge in [0.25, 0.3) is 0 Å². The van der Waals surface area contributed by atoms with Gasteiger partial charge in [0.2, 0.25) is 11.8 Å². The van der Waals surface area contributed by atoms with E-state index in [4.69, 9.17) is 4.74 Å². The molecule has 2 amide bonds. The van der Waals surface area contributed by atoms with Gasteiger partial charge in [-0.05, 0) is 38.8 Å². The molecule has 0 saturated carbocycles. The zero-order valence-corrected chi connectivity index (χ0v) is 13.3. The number of rotatable bonds is 5. The molecule has 5 heteroatoms. The van der Waals surface area contributed by atoms with Crippen LogP contribution in [0.3, 0.4) is 0 Å². The van der Waals surface area contributed by atoms with E-state index in [2.05, 4.69) is 5.32 Å². The van der Waals surface area contributed by atoms with Crippen LogP contribution >= 0.6 is 0 Å². The van der Waals surface area contributed by atoms with Crippen molar-refractivity contribution in [1.29, 1.82) is 0 Å². The third-order valence-electron chi connectivity index (χ3n) is 3.87. The lowest BCUT2D eigenvalue weighted by Gasteiger charge is -2.25. The van der Waals surface area contributed by atoms with Gasteiger partial charge in [0.05, 0.1) is 6.61 Å². The number of carbonyl (C=O) groups excluding carboxylic acids is 2. The molecular formula is C17H24N2O3. The molecule has 22 heavy (non-hydrogen) atoms. The summed E-state index contributed by atoms with van der Waals surface area (Å²) in [5.41, 5.74) is 1.19. The second-order valence-electron chi connectivity index (χ2n) is 5.67. The highest BCUT2D eigenvalue weighted by molar-refractivity contribution is 5.87. The molecule has 1 unspecified atom stereocenters. The van der Waals surface area contributed by atoms with Gasteiger partial charge < -0.3 is 15.0 Å². The van der Waals surface area contributed by atoms with Gasteiger partial charge in [-0.15, -0.1) is 0 Å². The normalized spacial score (nSPS) is 18.5. The fourth-order valence-corrected chi connectivity index (χ4v) is 2.48. The molecule has 1 aromatic rings. The number of benzene rings is 1. The van der Waals surface area contributed by atoms with Crippen molar-refractivity contribution in [1.82, 2.24) is 10.2 Å². The molecule has 0 spiro atoms. The Morgan fingerprint density at radius 2 is 2.09 bits per heavy atom. The summed E-state index contributed by atoms with van der Waals surface area (Å²) in [6.45, 7) is 5.59. The summed E-state index contributed by atoms with van der Waals surface area (Å²) in [6, 6.07) is 7.47. The quantitative estimate of drug-likeness (QED) is 0.845. The van der Waals surface area contributed by atoms with Crippen LogP contribution in [0, 0.1) is 6.92 Å². The molecule has 1 heterocycles. The highest BCUT2D eigenvalue weighted by atomic mass is 16.5. The maximum absolute atomic E-state index is 12.3. The molecule has 0 aliphatic carbocycles. The molecule has 1 aliphatic rings. The molecule has 5 nitrogen and oxygen atoms in total. The van der Waals surface area contributed by atoms with E-state index >= 15 is 0 Å². The number of amides is 2. The van der Waals surface area contributed by atoms with Crippen LogP contribution in [0.5, 0.6) is 5.75 Å². The Balaban J connectivity index is 1.75. The van der Waals surface area contributed by atoms with Crippen molar-refractivity contribution in [2.24, 2.45) is 0 Å². The van der Waals surface area contributed by atoms with Crippen LogP contribution in [-0.4, -0.2) is 42.5 Å². The lowest BCUT2D eigenvalue weighted by atomic mass is 10.2. The van der Waals surface area contributed by atoms with Gasteiger partial charge in [-0.3, -0.25) is 9.59 Å².